The number of hydrazone groups is 1. The highest BCUT2D eigenvalue weighted by atomic mass is 16.3. The summed E-state index contributed by atoms with van der Waals surface area (Å²) in [7, 11) is 0. The number of benzene rings is 2. The van der Waals surface area contributed by atoms with Gasteiger partial charge in [0.15, 0.2) is 0 Å². The molecule has 6 heteroatoms. The van der Waals surface area contributed by atoms with Gasteiger partial charge in [-0.1, -0.05) is 42.5 Å². The van der Waals surface area contributed by atoms with Crippen LogP contribution in [0.1, 0.15) is 18.2 Å². The number of allylic oxidation sites excluding steroid dienone is 2. The van der Waals surface area contributed by atoms with E-state index in [0.717, 1.165) is 11.4 Å². The molecule has 1 aliphatic heterocycles. The Hall–Kier alpha value is -3.93. The van der Waals surface area contributed by atoms with Gasteiger partial charge in [-0.2, -0.15) is 15.2 Å². The minimum atomic E-state index is -0.181. The van der Waals surface area contributed by atoms with E-state index < -0.39 is 0 Å². The fourth-order valence-electron chi connectivity index (χ4n) is 3.17. The largest absolute Gasteiger partial charge is 0.493 e. The number of para-hydroxylation sites is 2. The lowest BCUT2D eigenvalue weighted by Crippen LogP contribution is -2.21. The fourth-order valence-corrected chi connectivity index (χ4v) is 3.17. The van der Waals surface area contributed by atoms with Gasteiger partial charge < -0.3 is 5.11 Å². The van der Waals surface area contributed by atoms with E-state index in [9.17, 15) is 9.90 Å². The lowest BCUT2D eigenvalue weighted by molar-refractivity contribution is -0.114. The Morgan fingerprint density at radius 2 is 1.55 bits per heavy atom. The van der Waals surface area contributed by atoms with Crippen molar-refractivity contribution in [1.82, 2.24) is 9.78 Å². The average Bonchev–Trinajstić information content (AvgIpc) is 3.19. The number of amides is 1. The highest BCUT2D eigenvalue weighted by Gasteiger charge is 2.27. The van der Waals surface area contributed by atoms with Crippen LogP contribution in [0.3, 0.4) is 0 Å². The number of hydrogen-bond acceptors (Lipinski definition) is 4. The Bertz CT molecular complexity index is 1140. The molecule has 0 bridgehead atoms. The number of aromatic nitrogens is 2. The minimum Gasteiger partial charge on any atom is -0.493 e. The zero-order valence-corrected chi connectivity index (χ0v) is 16.1. The van der Waals surface area contributed by atoms with E-state index in [2.05, 4.69) is 10.2 Å². The predicted molar refractivity (Wildman–Crippen MR) is 114 cm³/mol. The van der Waals surface area contributed by atoms with Crippen molar-refractivity contribution in [2.75, 3.05) is 5.01 Å². The standard InChI is InChI=1S/C23H20N4O2/c1-16-20(22(28)26(24-16)18-10-5-3-6-11-18)14-9-15-21-17(2)25-27(23(21)29)19-12-7-4-8-13-19/h3-15,28H,1-2H3/b14-9-,21-15+. The Labute approximate surface area is 168 Å². The molecule has 0 radical (unpaired) electrons. The molecule has 1 N–H and O–H groups in total. The summed E-state index contributed by atoms with van der Waals surface area (Å²) in [5.41, 5.74) is 3.95. The molecule has 0 spiro atoms. The molecular formula is C23H20N4O2. The van der Waals surface area contributed by atoms with Gasteiger partial charge in [0.05, 0.1) is 33.9 Å². The number of nitrogens with zero attached hydrogens (tertiary/aromatic N) is 4. The number of carbonyl (C=O) groups excluding carboxylic acids is 1. The average molecular weight is 384 g/mol. The van der Waals surface area contributed by atoms with Gasteiger partial charge in [-0.25, -0.2) is 4.68 Å². The summed E-state index contributed by atoms with van der Waals surface area (Å²) in [6.07, 6.45) is 5.19. The maximum atomic E-state index is 12.7. The molecule has 3 aromatic rings. The van der Waals surface area contributed by atoms with E-state index in [1.165, 1.54) is 9.69 Å². The summed E-state index contributed by atoms with van der Waals surface area (Å²) in [5.74, 6) is -0.128. The summed E-state index contributed by atoms with van der Waals surface area (Å²) in [6.45, 7) is 3.63. The second-order valence-corrected chi connectivity index (χ2v) is 6.65. The summed E-state index contributed by atoms with van der Waals surface area (Å²) >= 11 is 0. The molecule has 0 saturated heterocycles. The van der Waals surface area contributed by atoms with E-state index in [1.54, 1.807) is 25.2 Å². The summed E-state index contributed by atoms with van der Waals surface area (Å²) < 4.78 is 1.49. The minimum absolute atomic E-state index is 0.0531. The molecule has 1 amide bonds. The van der Waals surface area contributed by atoms with Crippen LogP contribution in [0.25, 0.3) is 11.8 Å². The molecule has 144 valence electrons. The Morgan fingerprint density at radius 1 is 0.931 bits per heavy atom. The molecule has 2 heterocycles. The molecule has 2 aromatic carbocycles. The summed E-state index contributed by atoms with van der Waals surface area (Å²) in [6, 6.07) is 18.7. The van der Waals surface area contributed by atoms with Crippen molar-refractivity contribution in [2.45, 2.75) is 13.8 Å². The number of rotatable bonds is 4. The third-order valence-corrected chi connectivity index (χ3v) is 4.67. The molecule has 0 fully saturated rings. The van der Waals surface area contributed by atoms with Crippen molar-refractivity contribution in [1.29, 1.82) is 0 Å². The van der Waals surface area contributed by atoms with Crippen LogP contribution in [0.4, 0.5) is 5.69 Å². The van der Waals surface area contributed by atoms with Crippen LogP contribution in [0.2, 0.25) is 0 Å². The highest BCUT2D eigenvalue weighted by Crippen LogP contribution is 2.27. The van der Waals surface area contributed by atoms with Crippen LogP contribution in [0, 0.1) is 6.92 Å². The maximum absolute atomic E-state index is 12.7. The van der Waals surface area contributed by atoms with Gasteiger partial charge in [0.2, 0.25) is 5.88 Å². The second kappa shape index (κ2) is 7.59. The van der Waals surface area contributed by atoms with E-state index >= 15 is 0 Å². The van der Waals surface area contributed by atoms with Gasteiger partial charge in [0.1, 0.15) is 0 Å². The number of carbonyl (C=O) groups is 1. The van der Waals surface area contributed by atoms with Crippen molar-refractivity contribution in [3.63, 3.8) is 0 Å². The SMILES string of the molecule is CC1=NN(c2ccccc2)C(=O)/C1=C/C=C\c1c(C)nn(-c2ccccc2)c1O. The van der Waals surface area contributed by atoms with E-state index in [1.807, 2.05) is 67.6 Å². The topological polar surface area (TPSA) is 70.7 Å². The van der Waals surface area contributed by atoms with Gasteiger partial charge in [0.25, 0.3) is 5.91 Å². The molecule has 0 unspecified atom stereocenters. The smallest absolute Gasteiger partial charge is 0.280 e. The van der Waals surface area contributed by atoms with Crippen molar-refractivity contribution >= 4 is 23.4 Å². The van der Waals surface area contributed by atoms with Crippen LogP contribution >= 0.6 is 0 Å². The predicted octanol–water partition coefficient (Wildman–Crippen LogP) is 4.25. The third kappa shape index (κ3) is 3.48. The van der Waals surface area contributed by atoms with Crippen molar-refractivity contribution in [3.05, 3.63) is 89.6 Å². The fraction of sp³-hybridized carbons (Fsp3) is 0.0870. The van der Waals surface area contributed by atoms with Gasteiger partial charge >= 0.3 is 0 Å². The Kier molecular flexibility index (Phi) is 4.83. The molecule has 4 rings (SSSR count). The molecule has 0 aliphatic carbocycles. The number of aromatic hydroxyl groups is 1. The molecule has 0 atom stereocenters. The second-order valence-electron chi connectivity index (χ2n) is 6.65. The van der Waals surface area contributed by atoms with E-state index in [4.69, 9.17) is 0 Å². The monoisotopic (exact) mass is 384 g/mol. The van der Waals surface area contributed by atoms with Crippen LogP contribution in [0.15, 0.2) is 83.5 Å². The van der Waals surface area contributed by atoms with Gasteiger partial charge in [-0.05, 0) is 50.3 Å². The normalized spacial score (nSPS) is 15.5. The molecule has 29 heavy (non-hydrogen) atoms. The maximum Gasteiger partial charge on any atom is 0.280 e. The van der Waals surface area contributed by atoms with Crippen LogP contribution in [-0.2, 0) is 4.79 Å². The van der Waals surface area contributed by atoms with Crippen LogP contribution in [0.5, 0.6) is 5.88 Å². The first-order chi connectivity index (χ1) is 14.1. The Balaban J connectivity index is 1.59. The lowest BCUT2D eigenvalue weighted by atomic mass is 10.1. The molecule has 6 nitrogen and oxygen atoms in total. The van der Waals surface area contributed by atoms with Gasteiger partial charge in [0, 0.05) is 0 Å². The van der Waals surface area contributed by atoms with Crippen LogP contribution in [-0.4, -0.2) is 26.5 Å². The Morgan fingerprint density at radius 3 is 2.21 bits per heavy atom. The van der Waals surface area contributed by atoms with Crippen molar-refractivity contribution in [3.8, 4) is 11.6 Å². The molecular weight excluding hydrogens is 364 g/mol. The van der Waals surface area contributed by atoms with E-state index in [0.29, 0.717) is 22.5 Å². The third-order valence-electron chi connectivity index (χ3n) is 4.67. The molecule has 1 aromatic heterocycles. The first-order valence-electron chi connectivity index (χ1n) is 9.23. The summed E-state index contributed by atoms with van der Waals surface area (Å²) in [5, 5.41) is 20.7. The number of hydrogen-bond donors (Lipinski definition) is 1. The number of anilines is 1. The zero-order chi connectivity index (χ0) is 20.4. The van der Waals surface area contributed by atoms with Gasteiger partial charge in [-0.15, -0.1) is 0 Å². The first-order valence-corrected chi connectivity index (χ1v) is 9.23. The molecule has 1 aliphatic rings. The first kappa shape index (κ1) is 18.4. The van der Waals surface area contributed by atoms with Crippen LogP contribution < -0.4 is 5.01 Å². The quantitative estimate of drug-likeness (QED) is 0.684. The lowest BCUT2D eigenvalue weighted by Gasteiger charge is -2.10. The molecule has 0 saturated carbocycles. The van der Waals surface area contributed by atoms with Crippen molar-refractivity contribution < 1.29 is 9.90 Å². The summed E-state index contributed by atoms with van der Waals surface area (Å²) in [4.78, 5) is 12.7. The van der Waals surface area contributed by atoms with Gasteiger partial charge in [-0.3, -0.25) is 4.79 Å². The number of aryl methyl sites for hydroxylation is 1. The van der Waals surface area contributed by atoms with Crippen molar-refractivity contribution in [2.24, 2.45) is 5.10 Å². The zero-order valence-electron chi connectivity index (χ0n) is 16.1. The van der Waals surface area contributed by atoms with E-state index in [-0.39, 0.29) is 11.8 Å². The highest BCUT2D eigenvalue weighted by molar-refractivity contribution is 6.29.